The molecular formula is C15H18FN5O. The van der Waals surface area contributed by atoms with Crippen LogP contribution in [0.2, 0.25) is 0 Å². The first kappa shape index (κ1) is 14.6. The molecule has 1 N–H and O–H groups in total. The second-order valence-corrected chi connectivity index (χ2v) is 5.91. The Morgan fingerprint density at radius 2 is 2.32 bits per heavy atom. The van der Waals surface area contributed by atoms with E-state index < -0.39 is 0 Å². The highest BCUT2D eigenvalue weighted by Gasteiger charge is 2.48. The van der Waals surface area contributed by atoms with Gasteiger partial charge in [-0.05, 0) is 38.0 Å². The molecule has 3 rings (SSSR count). The van der Waals surface area contributed by atoms with Gasteiger partial charge in [0.25, 0.3) is 0 Å². The summed E-state index contributed by atoms with van der Waals surface area (Å²) in [5.74, 6) is 0.306. The Bertz CT molecular complexity index is 658. The standard InChI is InChI=1S/C15H18FN5O/c1-9(2)21(8-10-4-3-5-11(16)6-10)15(22)13-7-12(13)14-17-19-20-18-14/h3-6,9,12-13H,7-8H2,1-2H3,(H,17,18,19,20)/t12-,13+/m0/s1. The van der Waals surface area contributed by atoms with E-state index in [-0.39, 0.29) is 29.6 Å². The number of nitrogens with zero attached hydrogens (tertiary/aromatic N) is 4. The molecule has 0 saturated heterocycles. The van der Waals surface area contributed by atoms with Crippen molar-refractivity contribution in [1.29, 1.82) is 0 Å². The molecule has 0 spiro atoms. The highest BCUT2D eigenvalue weighted by atomic mass is 19.1. The van der Waals surface area contributed by atoms with Gasteiger partial charge in [-0.25, -0.2) is 4.39 Å². The zero-order chi connectivity index (χ0) is 15.7. The minimum atomic E-state index is -0.287. The fraction of sp³-hybridized carbons (Fsp3) is 0.467. The summed E-state index contributed by atoms with van der Waals surface area (Å²) in [6.45, 7) is 4.33. The maximum Gasteiger partial charge on any atom is 0.226 e. The van der Waals surface area contributed by atoms with Gasteiger partial charge in [0.2, 0.25) is 5.91 Å². The molecule has 7 heteroatoms. The molecule has 2 atom stereocenters. The van der Waals surface area contributed by atoms with Crippen LogP contribution in [0.5, 0.6) is 0 Å². The number of aromatic nitrogens is 4. The third-order valence-corrected chi connectivity index (χ3v) is 3.95. The molecule has 1 aliphatic carbocycles. The topological polar surface area (TPSA) is 74.8 Å². The lowest BCUT2D eigenvalue weighted by Gasteiger charge is -2.27. The van der Waals surface area contributed by atoms with Gasteiger partial charge in [0.05, 0.1) is 0 Å². The van der Waals surface area contributed by atoms with Crippen LogP contribution in [-0.2, 0) is 11.3 Å². The van der Waals surface area contributed by atoms with E-state index in [1.54, 1.807) is 11.0 Å². The number of tetrazole rings is 1. The van der Waals surface area contributed by atoms with E-state index >= 15 is 0 Å². The van der Waals surface area contributed by atoms with Crippen molar-refractivity contribution in [3.63, 3.8) is 0 Å². The first-order valence-corrected chi connectivity index (χ1v) is 7.34. The number of halogens is 1. The second kappa shape index (κ2) is 5.82. The fourth-order valence-corrected chi connectivity index (χ4v) is 2.64. The zero-order valence-corrected chi connectivity index (χ0v) is 12.5. The zero-order valence-electron chi connectivity index (χ0n) is 12.5. The van der Waals surface area contributed by atoms with Crippen LogP contribution in [0.3, 0.4) is 0 Å². The molecule has 1 aromatic heterocycles. The largest absolute Gasteiger partial charge is 0.336 e. The summed E-state index contributed by atoms with van der Waals surface area (Å²) in [5, 5.41) is 13.8. The summed E-state index contributed by atoms with van der Waals surface area (Å²) in [4.78, 5) is 14.5. The van der Waals surface area contributed by atoms with Crippen LogP contribution >= 0.6 is 0 Å². The van der Waals surface area contributed by atoms with E-state index in [4.69, 9.17) is 0 Å². The first-order valence-electron chi connectivity index (χ1n) is 7.34. The number of nitrogens with one attached hydrogen (secondary N) is 1. The minimum absolute atomic E-state index is 0.0417. The molecule has 0 unspecified atom stereocenters. The lowest BCUT2D eigenvalue weighted by molar-refractivity contribution is -0.135. The number of H-pyrrole nitrogens is 1. The second-order valence-electron chi connectivity index (χ2n) is 5.91. The molecule has 1 amide bonds. The third kappa shape index (κ3) is 2.98. The van der Waals surface area contributed by atoms with E-state index in [1.807, 2.05) is 19.9 Å². The van der Waals surface area contributed by atoms with Crippen LogP contribution in [0, 0.1) is 11.7 Å². The summed E-state index contributed by atoms with van der Waals surface area (Å²) >= 11 is 0. The fourth-order valence-electron chi connectivity index (χ4n) is 2.64. The molecule has 0 aliphatic heterocycles. The molecule has 1 saturated carbocycles. The van der Waals surface area contributed by atoms with E-state index in [2.05, 4.69) is 20.6 Å². The van der Waals surface area contributed by atoms with Gasteiger partial charge in [-0.3, -0.25) is 4.79 Å². The number of hydrogen-bond acceptors (Lipinski definition) is 4. The highest BCUT2D eigenvalue weighted by molar-refractivity contribution is 5.83. The van der Waals surface area contributed by atoms with Crippen molar-refractivity contribution in [1.82, 2.24) is 25.5 Å². The lowest BCUT2D eigenvalue weighted by atomic mass is 10.1. The van der Waals surface area contributed by atoms with Crippen molar-refractivity contribution in [3.8, 4) is 0 Å². The van der Waals surface area contributed by atoms with Crippen molar-refractivity contribution >= 4 is 5.91 Å². The number of rotatable bonds is 5. The van der Waals surface area contributed by atoms with Crippen LogP contribution < -0.4 is 0 Å². The van der Waals surface area contributed by atoms with Gasteiger partial charge in [0.1, 0.15) is 5.82 Å². The summed E-state index contributed by atoms with van der Waals surface area (Å²) in [5.41, 5.74) is 0.791. The molecule has 1 aliphatic rings. The molecule has 1 heterocycles. The van der Waals surface area contributed by atoms with Crippen LogP contribution in [-0.4, -0.2) is 37.5 Å². The number of carbonyl (C=O) groups excluding carboxylic acids is 1. The van der Waals surface area contributed by atoms with Crippen molar-refractivity contribution in [3.05, 3.63) is 41.5 Å². The average molecular weight is 303 g/mol. The molecule has 6 nitrogen and oxygen atoms in total. The molecule has 116 valence electrons. The molecule has 2 aromatic rings. The third-order valence-electron chi connectivity index (χ3n) is 3.95. The monoisotopic (exact) mass is 303 g/mol. The SMILES string of the molecule is CC(C)N(Cc1cccc(F)c1)C(=O)[C@@H]1C[C@@H]1c1nn[nH]n1. The first-order chi connectivity index (χ1) is 10.6. The van der Waals surface area contributed by atoms with Gasteiger partial charge in [-0.15, -0.1) is 10.2 Å². The number of amides is 1. The predicted molar refractivity (Wildman–Crippen MR) is 77.1 cm³/mol. The number of carbonyl (C=O) groups is 1. The van der Waals surface area contributed by atoms with E-state index in [0.29, 0.717) is 12.4 Å². The van der Waals surface area contributed by atoms with Crippen LogP contribution in [0.15, 0.2) is 24.3 Å². The molecule has 0 radical (unpaired) electrons. The number of benzene rings is 1. The summed E-state index contributed by atoms with van der Waals surface area (Å²) in [7, 11) is 0. The molecule has 0 bridgehead atoms. The Labute approximate surface area is 127 Å². The maximum absolute atomic E-state index is 13.3. The van der Waals surface area contributed by atoms with Gasteiger partial charge in [0, 0.05) is 24.4 Å². The Morgan fingerprint density at radius 1 is 1.50 bits per heavy atom. The Kier molecular flexibility index (Phi) is 3.87. The lowest BCUT2D eigenvalue weighted by Crippen LogP contribution is -2.37. The van der Waals surface area contributed by atoms with Gasteiger partial charge in [-0.2, -0.15) is 5.21 Å². The molecule has 1 fully saturated rings. The van der Waals surface area contributed by atoms with Crippen LogP contribution in [0.4, 0.5) is 4.39 Å². The summed E-state index contributed by atoms with van der Waals surface area (Å²) in [6, 6.07) is 6.40. The van der Waals surface area contributed by atoms with Gasteiger partial charge < -0.3 is 4.90 Å². The Morgan fingerprint density at radius 3 is 2.95 bits per heavy atom. The predicted octanol–water partition coefficient (Wildman–Crippen LogP) is 1.88. The number of hydrogen-bond donors (Lipinski definition) is 1. The summed E-state index contributed by atoms with van der Waals surface area (Å²) in [6.07, 6.45) is 0.741. The quantitative estimate of drug-likeness (QED) is 0.915. The number of aromatic amines is 1. The van der Waals surface area contributed by atoms with Crippen LogP contribution in [0.1, 0.15) is 37.6 Å². The smallest absolute Gasteiger partial charge is 0.226 e. The van der Waals surface area contributed by atoms with Crippen molar-refractivity contribution in [2.24, 2.45) is 5.92 Å². The summed E-state index contributed by atoms with van der Waals surface area (Å²) < 4.78 is 13.3. The Balaban J connectivity index is 1.70. The van der Waals surface area contributed by atoms with E-state index in [1.165, 1.54) is 12.1 Å². The van der Waals surface area contributed by atoms with Crippen LogP contribution in [0.25, 0.3) is 0 Å². The van der Waals surface area contributed by atoms with Crippen molar-refractivity contribution in [2.45, 2.75) is 38.8 Å². The highest BCUT2D eigenvalue weighted by Crippen LogP contribution is 2.47. The van der Waals surface area contributed by atoms with Crippen molar-refractivity contribution in [2.75, 3.05) is 0 Å². The van der Waals surface area contributed by atoms with E-state index in [0.717, 1.165) is 12.0 Å². The van der Waals surface area contributed by atoms with E-state index in [9.17, 15) is 9.18 Å². The minimum Gasteiger partial charge on any atom is -0.336 e. The Hall–Kier alpha value is -2.31. The molecule has 1 aromatic carbocycles. The van der Waals surface area contributed by atoms with Crippen molar-refractivity contribution < 1.29 is 9.18 Å². The van der Waals surface area contributed by atoms with Gasteiger partial charge >= 0.3 is 0 Å². The van der Waals surface area contributed by atoms with Gasteiger partial charge in [0.15, 0.2) is 5.82 Å². The molecule has 22 heavy (non-hydrogen) atoms. The normalized spacial score (nSPS) is 20.2. The average Bonchev–Trinajstić information content (AvgIpc) is 3.09. The van der Waals surface area contributed by atoms with Gasteiger partial charge in [-0.1, -0.05) is 17.3 Å². The molecular weight excluding hydrogens is 285 g/mol. The maximum atomic E-state index is 13.3.